The zero-order chi connectivity index (χ0) is 14.5. The lowest BCUT2D eigenvalue weighted by atomic mass is 10.0. The number of hydrogen-bond donors (Lipinski definition) is 1. The summed E-state index contributed by atoms with van der Waals surface area (Å²) in [6.07, 6.45) is 1.58. The zero-order valence-electron chi connectivity index (χ0n) is 12.3. The summed E-state index contributed by atoms with van der Waals surface area (Å²) < 4.78 is 0. The molecule has 2 N–H and O–H groups in total. The Hall–Kier alpha value is -1.00. The third kappa shape index (κ3) is 3.76. The monoisotopic (exact) mass is 292 g/mol. The fourth-order valence-electron chi connectivity index (χ4n) is 2.55. The summed E-state index contributed by atoms with van der Waals surface area (Å²) in [5, 5.41) is 0.494. The first-order valence-corrected chi connectivity index (χ1v) is 8.36. The minimum absolute atomic E-state index is 0.112. The number of benzene rings is 1. The molecule has 0 bridgehead atoms. The summed E-state index contributed by atoms with van der Waals surface area (Å²) in [6.45, 7) is 5.14. The van der Waals surface area contributed by atoms with E-state index in [1.54, 1.807) is 0 Å². The molecule has 0 aromatic heterocycles. The molecular formula is C16H24N2OS. The van der Waals surface area contributed by atoms with Crippen LogP contribution in [0.25, 0.3) is 0 Å². The van der Waals surface area contributed by atoms with E-state index >= 15 is 0 Å². The van der Waals surface area contributed by atoms with Crippen molar-refractivity contribution in [1.29, 1.82) is 0 Å². The number of thioether (sulfide) groups is 1. The van der Waals surface area contributed by atoms with E-state index in [9.17, 15) is 4.79 Å². The molecule has 1 aromatic carbocycles. The second-order valence-electron chi connectivity index (χ2n) is 5.48. The van der Waals surface area contributed by atoms with Crippen molar-refractivity contribution < 1.29 is 4.79 Å². The molecule has 1 aromatic rings. The topological polar surface area (TPSA) is 46.3 Å². The molecule has 2 unspecified atom stereocenters. The van der Waals surface area contributed by atoms with Gasteiger partial charge in [-0.25, -0.2) is 0 Å². The van der Waals surface area contributed by atoms with Gasteiger partial charge in [-0.15, -0.1) is 0 Å². The molecule has 3 atom stereocenters. The van der Waals surface area contributed by atoms with Crippen LogP contribution in [0.4, 0.5) is 0 Å². The van der Waals surface area contributed by atoms with Crippen molar-refractivity contribution >= 4 is 17.7 Å². The SMILES string of the molecule is CC1SCCN(C(=O)[C@@H](N)CCc2ccccc2)C1C. The Bertz CT molecular complexity index is 437. The number of hydrogen-bond acceptors (Lipinski definition) is 3. The van der Waals surface area contributed by atoms with Gasteiger partial charge in [0.25, 0.3) is 0 Å². The van der Waals surface area contributed by atoms with Gasteiger partial charge in [-0.2, -0.15) is 11.8 Å². The Morgan fingerprint density at radius 2 is 2.10 bits per heavy atom. The minimum atomic E-state index is -0.382. The third-order valence-electron chi connectivity index (χ3n) is 4.07. The van der Waals surface area contributed by atoms with E-state index in [1.165, 1.54) is 5.56 Å². The highest BCUT2D eigenvalue weighted by atomic mass is 32.2. The number of nitrogens with two attached hydrogens (primary N) is 1. The number of carbonyl (C=O) groups excluding carboxylic acids is 1. The van der Waals surface area contributed by atoms with Crippen LogP contribution in [0.1, 0.15) is 25.8 Å². The summed E-state index contributed by atoms with van der Waals surface area (Å²) in [5.41, 5.74) is 7.35. The van der Waals surface area contributed by atoms with Crippen LogP contribution >= 0.6 is 11.8 Å². The maximum atomic E-state index is 12.5. The molecule has 2 rings (SSSR count). The first kappa shape index (κ1) is 15.4. The highest BCUT2D eigenvalue weighted by Gasteiger charge is 2.31. The van der Waals surface area contributed by atoms with E-state index in [4.69, 9.17) is 5.73 Å². The minimum Gasteiger partial charge on any atom is -0.337 e. The fourth-order valence-corrected chi connectivity index (χ4v) is 3.65. The van der Waals surface area contributed by atoms with E-state index in [1.807, 2.05) is 34.9 Å². The molecule has 1 heterocycles. The van der Waals surface area contributed by atoms with E-state index in [0.717, 1.165) is 18.7 Å². The Labute approximate surface area is 125 Å². The van der Waals surface area contributed by atoms with Crippen LogP contribution in [-0.2, 0) is 11.2 Å². The summed E-state index contributed by atoms with van der Waals surface area (Å²) in [5.74, 6) is 1.13. The molecule has 1 aliphatic heterocycles. The molecular weight excluding hydrogens is 268 g/mol. The van der Waals surface area contributed by atoms with Gasteiger partial charge in [0.1, 0.15) is 0 Å². The van der Waals surface area contributed by atoms with Crippen molar-refractivity contribution in [1.82, 2.24) is 4.90 Å². The highest BCUT2D eigenvalue weighted by Crippen LogP contribution is 2.24. The zero-order valence-corrected chi connectivity index (χ0v) is 13.1. The normalized spacial score (nSPS) is 24.4. The van der Waals surface area contributed by atoms with Crippen molar-refractivity contribution in [2.45, 2.75) is 44.0 Å². The molecule has 0 spiro atoms. The Balaban J connectivity index is 1.88. The average molecular weight is 292 g/mol. The van der Waals surface area contributed by atoms with Crippen LogP contribution < -0.4 is 5.73 Å². The lowest BCUT2D eigenvalue weighted by molar-refractivity contribution is -0.134. The molecule has 1 aliphatic rings. The lowest BCUT2D eigenvalue weighted by Gasteiger charge is -2.38. The van der Waals surface area contributed by atoms with E-state index in [2.05, 4.69) is 26.0 Å². The van der Waals surface area contributed by atoms with Gasteiger partial charge in [0, 0.05) is 23.6 Å². The molecule has 1 saturated heterocycles. The molecule has 0 aliphatic carbocycles. The van der Waals surface area contributed by atoms with Crippen LogP contribution in [0.3, 0.4) is 0 Å². The third-order valence-corrected chi connectivity index (χ3v) is 5.41. The van der Waals surface area contributed by atoms with E-state index in [0.29, 0.717) is 11.7 Å². The van der Waals surface area contributed by atoms with Gasteiger partial charge in [0.2, 0.25) is 5.91 Å². The number of nitrogens with zero attached hydrogens (tertiary/aromatic N) is 1. The maximum absolute atomic E-state index is 12.5. The Morgan fingerprint density at radius 3 is 2.80 bits per heavy atom. The molecule has 3 nitrogen and oxygen atoms in total. The fraction of sp³-hybridized carbons (Fsp3) is 0.562. The Morgan fingerprint density at radius 1 is 1.40 bits per heavy atom. The number of aryl methyl sites for hydroxylation is 1. The van der Waals surface area contributed by atoms with Crippen LogP contribution in [-0.4, -0.2) is 40.4 Å². The van der Waals surface area contributed by atoms with Gasteiger partial charge >= 0.3 is 0 Å². The van der Waals surface area contributed by atoms with Gasteiger partial charge in [-0.05, 0) is 25.3 Å². The first-order valence-electron chi connectivity index (χ1n) is 7.31. The average Bonchev–Trinajstić information content (AvgIpc) is 2.48. The standard InChI is InChI=1S/C16H24N2OS/c1-12-13(2)20-11-10-18(12)16(19)15(17)9-8-14-6-4-3-5-7-14/h3-7,12-13,15H,8-11,17H2,1-2H3/t12?,13?,15-/m0/s1. The molecule has 1 amide bonds. The Kier molecular flexibility index (Phi) is 5.49. The first-order chi connectivity index (χ1) is 9.59. The van der Waals surface area contributed by atoms with E-state index in [-0.39, 0.29) is 18.0 Å². The van der Waals surface area contributed by atoms with Crippen molar-refractivity contribution in [3.8, 4) is 0 Å². The summed E-state index contributed by atoms with van der Waals surface area (Å²) in [7, 11) is 0. The highest BCUT2D eigenvalue weighted by molar-refractivity contribution is 8.00. The van der Waals surface area contributed by atoms with Gasteiger partial charge in [0.15, 0.2) is 0 Å². The summed E-state index contributed by atoms with van der Waals surface area (Å²) in [6, 6.07) is 10.1. The number of amides is 1. The molecule has 0 radical (unpaired) electrons. The molecule has 110 valence electrons. The molecule has 4 heteroatoms. The van der Waals surface area contributed by atoms with Crippen LogP contribution in [0.15, 0.2) is 30.3 Å². The number of carbonyl (C=O) groups is 1. The van der Waals surface area contributed by atoms with Gasteiger partial charge in [0.05, 0.1) is 6.04 Å². The van der Waals surface area contributed by atoms with Crippen LogP contribution in [0.2, 0.25) is 0 Å². The largest absolute Gasteiger partial charge is 0.337 e. The summed E-state index contributed by atoms with van der Waals surface area (Å²) >= 11 is 1.93. The predicted octanol–water partition coefficient (Wildman–Crippen LogP) is 2.30. The van der Waals surface area contributed by atoms with Crippen LogP contribution in [0, 0.1) is 0 Å². The lowest BCUT2D eigenvalue weighted by Crippen LogP contribution is -2.53. The second kappa shape index (κ2) is 7.14. The van der Waals surface area contributed by atoms with Crippen LogP contribution in [0.5, 0.6) is 0 Å². The summed E-state index contributed by atoms with van der Waals surface area (Å²) in [4.78, 5) is 14.4. The van der Waals surface area contributed by atoms with Gasteiger partial charge in [-0.3, -0.25) is 4.79 Å². The van der Waals surface area contributed by atoms with E-state index < -0.39 is 0 Å². The maximum Gasteiger partial charge on any atom is 0.239 e. The van der Waals surface area contributed by atoms with Crippen molar-refractivity contribution in [2.24, 2.45) is 5.73 Å². The quantitative estimate of drug-likeness (QED) is 0.926. The second-order valence-corrected chi connectivity index (χ2v) is 6.96. The van der Waals surface area contributed by atoms with Crippen molar-refractivity contribution in [3.05, 3.63) is 35.9 Å². The van der Waals surface area contributed by atoms with Crippen molar-refractivity contribution in [3.63, 3.8) is 0 Å². The molecule has 20 heavy (non-hydrogen) atoms. The number of rotatable bonds is 4. The van der Waals surface area contributed by atoms with Gasteiger partial charge < -0.3 is 10.6 Å². The van der Waals surface area contributed by atoms with Crippen molar-refractivity contribution in [2.75, 3.05) is 12.3 Å². The van der Waals surface area contributed by atoms with Gasteiger partial charge in [-0.1, -0.05) is 37.3 Å². The molecule has 0 saturated carbocycles. The molecule has 1 fully saturated rings. The predicted molar refractivity (Wildman–Crippen MR) is 85.8 cm³/mol. The smallest absolute Gasteiger partial charge is 0.239 e.